The van der Waals surface area contributed by atoms with Gasteiger partial charge in [0.25, 0.3) is 11.6 Å². The van der Waals surface area contributed by atoms with Gasteiger partial charge in [-0.3, -0.25) is 19.7 Å². The molecule has 106 valence electrons. The molecule has 7 nitrogen and oxygen atoms in total. The average molecular weight is 343 g/mol. The lowest BCUT2D eigenvalue weighted by molar-refractivity contribution is -0.385. The van der Waals surface area contributed by atoms with E-state index >= 15 is 0 Å². The number of carboxylic acids is 1. The number of carboxylic acid groups (broad SMARTS) is 1. The van der Waals surface area contributed by atoms with Crippen LogP contribution in [0.2, 0.25) is 0 Å². The topological polar surface area (TPSA) is 110 Å². The summed E-state index contributed by atoms with van der Waals surface area (Å²) in [6.07, 6.45) is 1.06. The van der Waals surface area contributed by atoms with Crippen molar-refractivity contribution in [3.8, 4) is 0 Å². The molecule has 1 fully saturated rings. The van der Waals surface area contributed by atoms with Gasteiger partial charge in [-0.05, 0) is 18.9 Å². The number of nitro groups is 1. The lowest BCUT2D eigenvalue weighted by Gasteiger charge is -2.11. The summed E-state index contributed by atoms with van der Waals surface area (Å²) in [6.45, 7) is 0.0292. The molecule has 1 aliphatic carbocycles. The number of nitrogens with one attached hydrogen (secondary N) is 1. The molecule has 1 saturated carbocycles. The minimum atomic E-state index is -0.932. The van der Waals surface area contributed by atoms with E-state index in [1.807, 2.05) is 0 Å². The standard InChI is InChI=1S/C12H11BrN2O5/c13-8-3-7(4-9(5-8)15(19)20)10(16)14-6-12(1-2-12)11(17)18/h3-5H,1-2,6H2,(H,14,16)(H,17,18). The highest BCUT2D eigenvalue weighted by molar-refractivity contribution is 9.10. The minimum absolute atomic E-state index is 0.0292. The van der Waals surface area contributed by atoms with Crippen molar-refractivity contribution in [2.45, 2.75) is 12.8 Å². The number of benzene rings is 1. The van der Waals surface area contributed by atoms with Crippen LogP contribution in [-0.2, 0) is 4.79 Å². The number of halogens is 1. The summed E-state index contributed by atoms with van der Waals surface area (Å²) in [5.74, 6) is -1.46. The van der Waals surface area contributed by atoms with Crippen LogP contribution in [0.3, 0.4) is 0 Å². The zero-order valence-electron chi connectivity index (χ0n) is 10.3. The summed E-state index contributed by atoms with van der Waals surface area (Å²) in [4.78, 5) is 33.0. The summed E-state index contributed by atoms with van der Waals surface area (Å²) in [5, 5.41) is 22.2. The Balaban J connectivity index is 2.10. The Kier molecular flexibility index (Phi) is 3.76. The van der Waals surface area contributed by atoms with Crippen LogP contribution in [0.25, 0.3) is 0 Å². The summed E-state index contributed by atoms with van der Waals surface area (Å²) >= 11 is 3.10. The van der Waals surface area contributed by atoms with Crippen LogP contribution < -0.4 is 5.32 Å². The Bertz CT molecular complexity index is 598. The molecule has 0 aliphatic heterocycles. The van der Waals surface area contributed by atoms with Gasteiger partial charge < -0.3 is 10.4 Å². The molecular weight excluding hydrogens is 332 g/mol. The monoisotopic (exact) mass is 342 g/mol. The molecule has 0 unspecified atom stereocenters. The second-order valence-electron chi connectivity index (χ2n) is 4.72. The second kappa shape index (κ2) is 5.20. The number of amides is 1. The largest absolute Gasteiger partial charge is 0.481 e. The molecule has 0 bridgehead atoms. The van der Waals surface area contributed by atoms with Gasteiger partial charge in [0.05, 0.1) is 10.3 Å². The van der Waals surface area contributed by atoms with E-state index in [2.05, 4.69) is 21.2 Å². The quantitative estimate of drug-likeness (QED) is 0.627. The Morgan fingerprint density at radius 3 is 2.55 bits per heavy atom. The maximum Gasteiger partial charge on any atom is 0.311 e. The SMILES string of the molecule is O=C(NCC1(C(=O)O)CC1)c1cc(Br)cc([N+](=O)[O-])c1. The third-order valence-electron chi connectivity index (χ3n) is 3.25. The van der Waals surface area contributed by atoms with Crippen LogP contribution in [0.1, 0.15) is 23.2 Å². The van der Waals surface area contributed by atoms with Gasteiger partial charge in [-0.1, -0.05) is 15.9 Å². The third kappa shape index (κ3) is 2.96. The maximum absolute atomic E-state index is 11.9. The van der Waals surface area contributed by atoms with Crippen molar-refractivity contribution < 1.29 is 19.6 Å². The molecule has 1 amide bonds. The molecule has 1 aromatic rings. The van der Waals surface area contributed by atoms with Crippen molar-refractivity contribution in [2.75, 3.05) is 6.54 Å². The molecule has 0 aromatic heterocycles. The number of nitrogens with zero attached hydrogens (tertiary/aromatic N) is 1. The van der Waals surface area contributed by atoms with Crippen LogP contribution in [0.4, 0.5) is 5.69 Å². The first-order valence-corrected chi connectivity index (χ1v) is 6.60. The van der Waals surface area contributed by atoms with Gasteiger partial charge in [-0.15, -0.1) is 0 Å². The molecule has 2 N–H and O–H groups in total. The molecular formula is C12H11BrN2O5. The molecule has 20 heavy (non-hydrogen) atoms. The number of aliphatic carboxylic acids is 1. The number of nitro benzene ring substituents is 1. The van der Waals surface area contributed by atoms with E-state index in [1.54, 1.807) is 0 Å². The lowest BCUT2D eigenvalue weighted by atomic mass is 10.1. The van der Waals surface area contributed by atoms with Gasteiger partial charge in [0.15, 0.2) is 0 Å². The number of carbonyl (C=O) groups excluding carboxylic acids is 1. The Labute approximate surface area is 122 Å². The molecule has 0 spiro atoms. The summed E-state index contributed by atoms with van der Waals surface area (Å²) < 4.78 is 0.413. The first-order chi connectivity index (χ1) is 9.34. The van der Waals surface area contributed by atoms with Crippen molar-refractivity contribution in [1.82, 2.24) is 5.32 Å². The zero-order valence-corrected chi connectivity index (χ0v) is 11.8. The fourth-order valence-corrected chi connectivity index (χ4v) is 2.26. The molecule has 1 aromatic carbocycles. The fourth-order valence-electron chi connectivity index (χ4n) is 1.78. The van der Waals surface area contributed by atoms with Crippen LogP contribution >= 0.6 is 15.9 Å². The molecule has 0 atom stereocenters. The van der Waals surface area contributed by atoms with Crippen LogP contribution in [0, 0.1) is 15.5 Å². The number of rotatable bonds is 5. The van der Waals surface area contributed by atoms with E-state index in [9.17, 15) is 19.7 Å². The number of hydrogen-bond donors (Lipinski definition) is 2. The van der Waals surface area contributed by atoms with Gasteiger partial charge in [0.1, 0.15) is 0 Å². The number of carbonyl (C=O) groups is 2. The fraction of sp³-hybridized carbons (Fsp3) is 0.333. The van der Waals surface area contributed by atoms with Crippen LogP contribution in [-0.4, -0.2) is 28.5 Å². The highest BCUT2D eigenvalue weighted by Crippen LogP contribution is 2.45. The highest BCUT2D eigenvalue weighted by atomic mass is 79.9. The molecule has 0 radical (unpaired) electrons. The summed E-state index contributed by atoms with van der Waals surface area (Å²) in [5.41, 5.74) is -0.954. The third-order valence-corrected chi connectivity index (χ3v) is 3.71. The Morgan fingerprint density at radius 2 is 2.05 bits per heavy atom. The number of non-ortho nitro benzene ring substituents is 1. The van der Waals surface area contributed by atoms with Crippen molar-refractivity contribution in [1.29, 1.82) is 0 Å². The smallest absolute Gasteiger partial charge is 0.311 e. The van der Waals surface area contributed by atoms with Gasteiger partial charge in [0, 0.05) is 28.7 Å². The minimum Gasteiger partial charge on any atom is -0.481 e. The predicted molar refractivity (Wildman–Crippen MR) is 72.4 cm³/mol. The van der Waals surface area contributed by atoms with E-state index in [4.69, 9.17) is 5.11 Å². The molecule has 0 heterocycles. The van der Waals surface area contributed by atoms with Gasteiger partial charge in [0.2, 0.25) is 0 Å². The number of hydrogen-bond acceptors (Lipinski definition) is 4. The van der Waals surface area contributed by atoms with E-state index in [0.29, 0.717) is 17.3 Å². The van der Waals surface area contributed by atoms with Gasteiger partial charge in [-0.25, -0.2) is 0 Å². The molecule has 2 rings (SSSR count). The van der Waals surface area contributed by atoms with Crippen molar-refractivity contribution in [3.05, 3.63) is 38.3 Å². The Morgan fingerprint density at radius 1 is 1.40 bits per heavy atom. The predicted octanol–water partition coefficient (Wildman–Crippen LogP) is 1.95. The second-order valence-corrected chi connectivity index (χ2v) is 5.64. The Hall–Kier alpha value is -1.96. The van der Waals surface area contributed by atoms with Crippen molar-refractivity contribution in [2.24, 2.45) is 5.41 Å². The van der Waals surface area contributed by atoms with E-state index in [0.717, 1.165) is 6.07 Å². The van der Waals surface area contributed by atoms with E-state index < -0.39 is 22.2 Å². The van der Waals surface area contributed by atoms with Crippen LogP contribution in [0.15, 0.2) is 22.7 Å². The lowest BCUT2D eigenvalue weighted by Crippen LogP contribution is -2.34. The van der Waals surface area contributed by atoms with E-state index in [-0.39, 0.29) is 17.8 Å². The van der Waals surface area contributed by atoms with Crippen molar-refractivity contribution in [3.63, 3.8) is 0 Å². The summed E-state index contributed by atoms with van der Waals surface area (Å²) in [7, 11) is 0. The maximum atomic E-state index is 11.9. The molecule has 1 aliphatic rings. The highest BCUT2D eigenvalue weighted by Gasteiger charge is 2.50. The normalized spacial score (nSPS) is 15.4. The molecule has 0 saturated heterocycles. The first kappa shape index (κ1) is 14.4. The summed E-state index contributed by atoms with van der Waals surface area (Å²) in [6, 6.07) is 3.89. The van der Waals surface area contributed by atoms with Gasteiger partial charge in [-0.2, -0.15) is 0 Å². The van der Waals surface area contributed by atoms with E-state index in [1.165, 1.54) is 12.1 Å². The molecule has 8 heteroatoms. The first-order valence-electron chi connectivity index (χ1n) is 5.81. The van der Waals surface area contributed by atoms with Crippen LogP contribution in [0.5, 0.6) is 0 Å². The zero-order chi connectivity index (χ0) is 14.9. The average Bonchev–Trinajstić information content (AvgIpc) is 3.16. The van der Waals surface area contributed by atoms with Crippen molar-refractivity contribution >= 4 is 33.5 Å². The van der Waals surface area contributed by atoms with Gasteiger partial charge >= 0.3 is 5.97 Å².